The lowest BCUT2D eigenvalue weighted by Gasteiger charge is -2.28. The van der Waals surface area contributed by atoms with Gasteiger partial charge in [-0.3, -0.25) is 4.57 Å². The van der Waals surface area contributed by atoms with Crippen molar-refractivity contribution in [2.24, 2.45) is 5.92 Å². The fourth-order valence-electron chi connectivity index (χ4n) is 4.12. The molecule has 1 aliphatic rings. The third-order valence-corrected chi connectivity index (χ3v) is 6.74. The number of hydrogen-bond acceptors (Lipinski definition) is 6. The predicted octanol–water partition coefficient (Wildman–Crippen LogP) is 5.70. The second kappa shape index (κ2) is 15.8. The van der Waals surface area contributed by atoms with Gasteiger partial charge in [0.15, 0.2) is 0 Å². The van der Waals surface area contributed by atoms with Crippen LogP contribution in [0.25, 0.3) is 0 Å². The van der Waals surface area contributed by atoms with Crippen LogP contribution in [0.3, 0.4) is 0 Å². The van der Waals surface area contributed by atoms with Crippen molar-refractivity contribution in [3.8, 4) is 0 Å². The van der Waals surface area contributed by atoms with Gasteiger partial charge in [-0.1, -0.05) is 71.5 Å². The van der Waals surface area contributed by atoms with Crippen LogP contribution in [0.5, 0.6) is 0 Å². The highest BCUT2D eigenvalue weighted by molar-refractivity contribution is 7.45. The average Bonchev–Trinajstić information content (AvgIpc) is 3.05. The van der Waals surface area contributed by atoms with Gasteiger partial charge in [-0.05, 0) is 40.0 Å². The van der Waals surface area contributed by atoms with E-state index in [0.29, 0.717) is 0 Å². The van der Waals surface area contributed by atoms with Crippen LogP contribution in [0.4, 0.5) is 0 Å². The van der Waals surface area contributed by atoms with E-state index >= 15 is 0 Å². The van der Waals surface area contributed by atoms with Gasteiger partial charge in [0.05, 0.1) is 24.9 Å². The molecule has 0 spiro atoms. The first-order valence-electron chi connectivity index (χ1n) is 12.4. The first-order valence-corrected chi connectivity index (χ1v) is 13.9. The summed E-state index contributed by atoms with van der Waals surface area (Å²) in [4.78, 5) is 11.9. The summed E-state index contributed by atoms with van der Waals surface area (Å²) in [5, 5.41) is 0. The fraction of sp³-hybridized carbons (Fsp3) is 1.00. The van der Waals surface area contributed by atoms with E-state index in [4.69, 9.17) is 18.5 Å². The van der Waals surface area contributed by atoms with E-state index in [-0.39, 0.29) is 24.8 Å². The zero-order valence-corrected chi connectivity index (χ0v) is 21.6. The molecule has 1 saturated heterocycles. The van der Waals surface area contributed by atoms with Gasteiger partial charge in [-0.2, -0.15) is 0 Å². The van der Waals surface area contributed by atoms with E-state index in [2.05, 4.69) is 21.1 Å². The standard InChI is InChI=1S/C23H47BO6P/c1-7-9-12-20(13-10-8-2)14-11-15-24-23-16-21(28-18(3)4)22(29-23)17-27-31(25,26)30-19(5)6/h18-23H,7-17H2,1-6H3,(H,25,26)/p-1/t21-,22-,23-/m1/s1. The Bertz CT molecular complexity index is 496. The van der Waals surface area contributed by atoms with Gasteiger partial charge in [-0.15, -0.1) is 0 Å². The average molecular weight is 460 g/mol. The second-order valence-corrected chi connectivity index (χ2v) is 10.7. The Hall–Kier alpha value is 0.0949. The summed E-state index contributed by atoms with van der Waals surface area (Å²) in [6, 6.07) is -0.0286. The van der Waals surface area contributed by atoms with E-state index < -0.39 is 20.0 Å². The monoisotopic (exact) mass is 460 g/mol. The molecule has 31 heavy (non-hydrogen) atoms. The SMILES string of the molecule is CCCCC(CCCC)CCC[B][C@H]1C[C@@H](OC(C)C)[C@@H](COP(=O)([O-])OC(C)C)O1. The topological polar surface area (TPSA) is 77.1 Å². The zero-order valence-electron chi connectivity index (χ0n) is 20.7. The maximum Gasteiger partial charge on any atom is 0.268 e. The van der Waals surface area contributed by atoms with Gasteiger partial charge < -0.3 is 23.4 Å². The molecule has 1 unspecified atom stereocenters. The number of phosphoric ester groups is 1. The van der Waals surface area contributed by atoms with Gasteiger partial charge in [-0.25, -0.2) is 0 Å². The van der Waals surface area contributed by atoms with Crippen LogP contribution in [0.2, 0.25) is 6.32 Å². The van der Waals surface area contributed by atoms with Crippen LogP contribution >= 0.6 is 7.82 Å². The van der Waals surface area contributed by atoms with Crippen LogP contribution in [-0.4, -0.2) is 44.3 Å². The van der Waals surface area contributed by atoms with Gasteiger partial charge in [0.2, 0.25) is 0 Å². The van der Waals surface area contributed by atoms with Crippen LogP contribution in [-0.2, 0) is 23.1 Å². The summed E-state index contributed by atoms with van der Waals surface area (Å²) in [6.45, 7) is 11.7. The lowest BCUT2D eigenvalue weighted by molar-refractivity contribution is -0.231. The van der Waals surface area contributed by atoms with E-state index in [0.717, 1.165) is 18.7 Å². The quantitative estimate of drug-likeness (QED) is 0.148. The highest BCUT2D eigenvalue weighted by atomic mass is 31.2. The van der Waals surface area contributed by atoms with Gasteiger partial charge in [0, 0.05) is 6.00 Å². The van der Waals surface area contributed by atoms with E-state index in [9.17, 15) is 9.46 Å². The molecule has 6 nitrogen and oxygen atoms in total. The zero-order chi connectivity index (χ0) is 23.3. The molecule has 0 aromatic carbocycles. The smallest absolute Gasteiger partial charge is 0.268 e. The first-order chi connectivity index (χ1) is 14.7. The number of ether oxygens (including phenoxy) is 2. The van der Waals surface area contributed by atoms with Crippen molar-refractivity contribution < 1.29 is 28.0 Å². The van der Waals surface area contributed by atoms with E-state index in [1.807, 2.05) is 13.8 Å². The number of unbranched alkanes of at least 4 members (excludes halogenated alkanes) is 2. The minimum atomic E-state index is -4.33. The summed E-state index contributed by atoms with van der Waals surface area (Å²) in [7, 11) is -2.10. The molecular weight excluding hydrogens is 414 g/mol. The molecular formula is C23H46BO6P-. The van der Waals surface area contributed by atoms with Gasteiger partial charge in [0.1, 0.15) is 13.4 Å². The molecule has 0 N–H and O–H groups in total. The molecule has 1 radical (unpaired) electrons. The summed E-state index contributed by atoms with van der Waals surface area (Å²) in [5.41, 5.74) is 0. The van der Waals surface area contributed by atoms with Crippen LogP contribution < -0.4 is 4.89 Å². The predicted molar refractivity (Wildman–Crippen MR) is 125 cm³/mol. The normalized spacial score (nSPS) is 23.7. The van der Waals surface area contributed by atoms with Crippen molar-refractivity contribution in [3.05, 3.63) is 0 Å². The summed E-state index contributed by atoms with van der Waals surface area (Å²) < 4.78 is 33.9. The minimum Gasteiger partial charge on any atom is -0.756 e. The third kappa shape index (κ3) is 13.4. The lowest BCUT2D eigenvalue weighted by atomic mass is 9.65. The second-order valence-electron chi connectivity index (χ2n) is 9.39. The Labute approximate surface area is 192 Å². The third-order valence-electron chi connectivity index (χ3n) is 5.59. The van der Waals surface area contributed by atoms with Crippen molar-refractivity contribution in [2.45, 2.75) is 136 Å². The summed E-state index contributed by atoms with van der Waals surface area (Å²) in [5.74, 6) is 0.836. The summed E-state index contributed by atoms with van der Waals surface area (Å²) >= 11 is 0. The Morgan fingerprint density at radius 1 is 1.03 bits per heavy atom. The molecule has 0 amide bonds. The molecule has 0 bridgehead atoms. The Balaban J connectivity index is 2.46. The van der Waals surface area contributed by atoms with Crippen LogP contribution in [0.1, 0.15) is 99.3 Å². The van der Waals surface area contributed by atoms with Crippen LogP contribution in [0, 0.1) is 5.92 Å². The number of hydrogen-bond donors (Lipinski definition) is 0. The molecule has 0 aromatic heterocycles. The van der Waals surface area contributed by atoms with E-state index in [1.54, 1.807) is 13.8 Å². The number of rotatable bonds is 18. The van der Waals surface area contributed by atoms with Crippen molar-refractivity contribution in [3.63, 3.8) is 0 Å². The van der Waals surface area contributed by atoms with Crippen molar-refractivity contribution >= 4 is 15.1 Å². The van der Waals surface area contributed by atoms with E-state index in [1.165, 1.54) is 51.4 Å². The molecule has 0 aliphatic carbocycles. The van der Waals surface area contributed by atoms with Crippen LogP contribution in [0.15, 0.2) is 0 Å². The molecule has 1 rings (SSSR count). The highest BCUT2D eigenvalue weighted by Gasteiger charge is 2.37. The van der Waals surface area contributed by atoms with Crippen molar-refractivity contribution in [1.82, 2.24) is 0 Å². The Kier molecular flexibility index (Phi) is 14.9. The molecule has 0 aromatic rings. The molecule has 4 atom stereocenters. The molecule has 8 heteroatoms. The molecule has 1 aliphatic heterocycles. The maximum absolute atomic E-state index is 11.9. The molecule has 183 valence electrons. The minimum absolute atomic E-state index is 0.0286. The maximum atomic E-state index is 11.9. The van der Waals surface area contributed by atoms with Gasteiger partial charge >= 0.3 is 0 Å². The molecule has 1 heterocycles. The first kappa shape index (κ1) is 29.1. The molecule has 1 fully saturated rings. The largest absolute Gasteiger partial charge is 0.756 e. The highest BCUT2D eigenvalue weighted by Crippen LogP contribution is 2.41. The summed E-state index contributed by atoms with van der Waals surface area (Å²) in [6.07, 6.45) is 11.1. The molecule has 0 saturated carbocycles. The fourth-order valence-corrected chi connectivity index (χ4v) is 5.03. The lowest BCUT2D eigenvalue weighted by Crippen LogP contribution is -2.31. The Morgan fingerprint density at radius 2 is 1.65 bits per heavy atom. The Morgan fingerprint density at radius 3 is 2.19 bits per heavy atom. The van der Waals surface area contributed by atoms with Crippen molar-refractivity contribution in [2.75, 3.05) is 6.61 Å². The van der Waals surface area contributed by atoms with Gasteiger partial charge in [0.25, 0.3) is 7.82 Å². The number of phosphoric acid groups is 1. The van der Waals surface area contributed by atoms with Crippen molar-refractivity contribution in [1.29, 1.82) is 0 Å².